The Labute approximate surface area is 204 Å². The second kappa shape index (κ2) is 10.2. The molecule has 1 atom stereocenters. The Morgan fingerprint density at radius 2 is 1.69 bits per heavy atom. The highest BCUT2D eigenvalue weighted by Crippen LogP contribution is 2.44. The smallest absolute Gasteiger partial charge is 0.255 e. The third kappa shape index (κ3) is 4.60. The van der Waals surface area contributed by atoms with Gasteiger partial charge in [-0.2, -0.15) is 0 Å². The summed E-state index contributed by atoms with van der Waals surface area (Å²) in [7, 11) is 3.29. The minimum atomic E-state index is -0.331. The van der Waals surface area contributed by atoms with Gasteiger partial charge < -0.3 is 23.9 Å². The van der Waals surface area contributed by atoms with Crippen LogP contribution in [0.25, 0.3) is 11.0 Å². The second-order valence-corrected chi connectivity index (χ2v) is 8.32. The van der Waals surface area contributed by atoms with Crippen LogP contribution in [0.5, 0.6) is 11.5 Å². The molecule has 5 rings (SSSR count). The van der Waals surface area contributed by atoms with Crippen LogP contribution in [-0.4, -0.2) is 51.3 Å². The maximum Gasteiger partial charge on any atom is 0.255 e. The summed E-state index contributed by atoms with van der Waals surface area (Å²) in [6, 6.07) is 22.3. The monoisotopic (exact) mass is 472 g/mol. The highest BCUT2D eigenvalue weighted by Gasteiger charge is 2.33. The number of methoxy groups -OCH3 is 2. The summed E-state index contributed by atoms with van der Waals surface area (Å²) in [6.45, 7) is 2.62. The fourth-order valence-electron chi connectivity index (χ4n) is 4.55. The standard InChI is InChI=1S/C28H28N2O5/c1-32-20-12-13-23(33-2)22(18-20)26(30-14-16-34-17-15-30)27-25(21-10-6-7-11-24(21)35-27)29-28(31)19-8-4-3-5-9-19/h3-13,18,26H,14-17H2,1-2H3,(H,29,31)/t26-/m0/s1. The summed E-state index contributed by atoms with van der Waals surface area (Å²) in [4.78, 5) is 15.5. The van der Waals surface area contributed by atoms with Crippen LogP contribution < -0.4 is 14.8 Å². The maximum atomic E-state index is 13.2. The zero-order chi connectivity index (χ0) is 24.2. The van der Waals surface area contributed by atoms with Crippen LogP contribution in [0, 0.1) is 0 Å². The molecule has 0 saturated carbocycles. The molecule has 0 unspecified atom stereocenters. The third-order valence-corrected chi connectivity index (χ3v) is 6.29. The van der Waals surface area contributed by atoms with E-state index in [9.17, 15) is 4.79 Å². The van der Waals surface area contributed by atoms with Gasteiger partial charge in [-0.3, -0.25) is 9.69 Å². The van der Waals surface area contributed by atoms with E-state index in [2.05, 4.69) is 10.2 Å². The molecule has 1 aliphatic rings. The molecule has 4 aromatic rings. The molecular weight excluding hydrogens is 444 g/mol. The average Bonchev–Trinajstić information content (AvgIpc) is 3.27. The topological polar surface area (TPSA) is 73.2 Å². The number of morpholine rings is 1. The number of hydrogen-bond acceptors (Lipinski definition) is 6. The van der Waals surface area contributed by atoms with Gasteiger partial charge in [-0.05, 0) is 42.5 Å². The molecule has 1 amide bonds. The van der Waals surface area contributed by atoms with Crippen LogP contribution >= 0.6 is 0 Å². The molecular formula is C28H28N2O5. The fraction of sp³-hybridized carbons (Fsp3) is 0.250. The van der Waals surface area contributed by atoms with Crippen molar-refractivity contribution in [3.8, 4) is 11.5 Å². The van der Waals surface area contributed by atoms with Gasteiger partial charge in [0.25, 0.3) is 5.91 Å². The predicted octanol–water partition coefficient (Wildman–Crippen LogP) is 5.12. The number of hydrogen-bond donors (Lipinski definition) is 1. The number of fused-ring (bicyclic) bond motifs is 1. The number of carbonyl (C=O) groups excluding carboxylic acids is 1. The molecule has 3 aromatic carbocycles. The molecule has 2 heterocycles. The summed E-state index contributed by atoms with van der Waals surface area (Å²) in [5.41, 5.74) is 2.82. The van der Waals surface area contributed by atoms with Crippen molar-refractivity contribution < 1.29 is 23.4 Å². The van der Waals surface area contributed by atoms with Crippen molar-refractivity contribution in [2.24, 2.45) is 0 Å². The zero-order valence-corrected chi connectivity index (χ0v) is 19.8. The first kappa shape index (κ1) is 23.0. The van der Waals surface area contributed by atoms with E-state index in [4.69, 9.17) is 18.6 Å². The van der Waals surface area contributed by atoms with Gasteiger partial charge in [0.05, 0.1) is 39.2 Å². The van der Waals surface area contributed by atoms with E-state index in [1.54, 1.807) is 26.4 Å². The number of rotatable bonds is 7. The molecule has 0 radical (unpaired) electrons. The van der Waals surface area contributed by atoms with E-state index in [-0.39, 0.29) is 11.9 Å². The molecule has 1 aromatic heterocycles. The van der Waals surface area contributed by atoms with Crippen molar-refractivity contribution >= 4 is 22.6 Å². The lowest BCUT2D eigenvalue weighted by Gasteiger charge is -2.34. The first-order chi connectivity index (χ1) is 17.2. The van der Waals surface area contributed by atoms with Crippen LogP contribution in [0.15, 0.2) is 77.2 Å². The van der Waals surface area contributed by atoms with E-state index in [1.165, 1.54) is 0 Å². The highest BCUT2D eigenvalue weighted by molar-refractivity contribution is 6.09. The van der Waals surface area contributed by atoms with E-state index in [0.717, 1.165) is 10.9 Å². The number of furan rings is 1. The minimum Gasteiger partial charge on any atom is -0.497 e. The van der Waals surface area contributed by atoms with Gasteiger partial charge in [-0.1, -0.05) is 30.3 Å². The summed E-state index contributed by atoms with van der Waals surface area (Å²) >= 11 is 0. The van der Waals surface area contributed by atoms with Crippen molar-refractivity contribution in [3.63, 3.8) is 0 Å². The molecule has 0 spiro atoms. The molecule has 1 fully saturated rings. The number of amides is 1. The molecule has 1 N–H and O–H groups in total. The third-order valence-electron chi connectivity index (χ3n) is 6.29. The van der Waals surface area contributed by atoms with E-state index in [0.29, 0.717) is 60.4 Å². The number of para-hydroxylation sites is 1. The number of nitrogens with zero attached hydrogens (tertiary/aromatic N) is 1. The molecule has 35 heavy (non-hydrogen) atoms. The first-order valence-electron chi connectivity index (χ1n) is 11.6. The summed E-state index contributed by atoms with van der Waals surface area (Å²) in [5.74, 6) is 1.87. The van der Waals surface area contributed by atoms with Crippen LogP contribution in [-0.2, 0) is 4.74 Å². The Morgan fingerprint density at radius 1 is 0.943 bits per heavy atom. The van der Waals surface area contributed by atoms with E-state index < -0.39 is 0 Å². The fourth-order valence-corrected chi connectivity index (χ4v) is 4.55. The maximum absolute atomic E-state index is 13.2. The Kier molecular flexibility index (Phi) is 6.70. The lowest BCUT2D eigenvalue weighted by Crippen LogP contribution is -2.39. The first-order valence-corrected chi connectivity index (χ1v) is 11.6. The SMILES string of the molecule is COc1ccc(OC)c([C@@H](c2oc3ccccc3c2NC(=O)c2ccccc2)N2CCOCC2)c1. The molecule has 0 aliphatic carbocycles. The molecule has 7 nitrogen and oxygen atoms in total. The lowest BCUT2D eigenvalue weighted by molar-refractivity contribution is 0.0201. The molecule has 180 valence electrons. The Hall–Kier alpha value is -3.81. The van der Waals surface area contributed by atoms with E-state index >= 15 is 0 Å². The summed E-state index contributed by atoms with van der Waals surface area (Å²) < 4.78 is 23.4. The molecule has 0 bridgehead atoms. The Morgan fingerprint density at radius 3 is 2.43 bits per heavy atom. The summed E-state index contributed by atoms with van der Waals surface area (Å²) in [6.07, 6.45) is 0. The number of ether oxygens (including phenoxy) is 3. The van der Waals surface area contributed by atoms with Gasteiger partial charge in [-0.25, -0.2) is 0 Å². The van der Waals surface area contributed by atoms with Crippen molar-refractivity contribution in [2.75, 3.05) is 45.8 Å². The van der Waals surface area contributed by atoms with Gasteiger partial charge in [0.2, 0.25) is 0 Å². The van der Waals surface area contributed by atoms with Gasteiger partial charge in [-0.15, -0.1) is 0 Å². The number of benzene rings is 3. The number of anilines is 1. The van der Waals surface area contributed by atoms with Crippen LogP contribution in [0.3, 0.4) is 0 Å². The van der Waals surface area contributed by atoms with Crippen molar-refractivity contribution in [3.05, 3.63) is 89.7 Å². The average molecular weight is 473 g/mol. The Balaban J connectivity index is 1.69. The lowest BCUT2D eigenvalue weighted by atomic mass is 9.98. The molecule has 1 aliphatic heterocycles. The highest BCUT2D eigenvalue weighted by atomic mass is 16.5. The van der Waals surface area contributed by atoms with Gasteiger partial charge >= 0.3 is 0 Å². The second-order valence-electron chi connectivity index (χ2n) is 8.32. The van der Waals surface area contributed by atoms with Crippen molar-refractivity contribution in [2.45, 2.75) is 6.04 Å². The number of carbonyl (C=O) groups is 1. The minimum absolute atomic E-state index is 0.197. The van der Waals surface area contributed by atoms with Crippen LogP contribution in [0.1, 0.15) is 27.7 Å². The van der Waals surface area contributed by atoms with E-state index in [1.807, 2.05) is 60.7 Å². The van der Waals surface area contributed by atoms with Crippen molar-refractivity contribution in [1.82, 2.24) is 4.90 Å². The normalized spacial score (nSPS) is 15.0. The zero-order valence-electron chi connectivity index (χ0n) is 19.8. The van der Waals surface area contributed by atoms with Crippen LogP contribution in [0.4, 0.5) is 5.69 Å². The molecule has 7 heteroatoms. The van der Waals surface area contributed by atoms with Crippen LogP contribution in [0.2, 0.25) is 0 Å². The predicted molar refractivity (Wildman–Crippen MR) is 134 cm³/mol. The molecule has 1 saturated heterocycles. The number of nitrogens with one attached hydrogen (secondary N) is 1. The van der Waals surface area contributed by atoms with Gasteiger partial charge in [0, 0.05) is 29.6 Å². The largest absolute Gasteiger partial charge is 0.497 e. The van der Waals surface area contributed by atoms with Gasteiger partial charge in [0.15, 0.2) is 5.76 Å². The summed E-state index contributed by atoms with van der Waals surface area (Å²) in [5, 5.41) is 3.98. The quantitative estimate of drug-likeness (QED) is 0.402. The van der Waals surface area contributed by atoms with Gasteiger partial charge in [0.1, 0.15) is 17.1 Å². The van der Waals surface area contributed by atoms with Crippen molar-refractivity contribution in [1.29, 1.82) is 0 Å². The Bertz CT molecular complexity index is 1310.